The Balaban J connectivity index is 2.53. The number of urea groups is 1. The molecule has 1 aliphatic heterocycles. The van der Waals surface area contributed by atoms with Crippen LogP contribution in [0.5, 0.6) is 0 Å². The lowest BCUT2D eigenvalue weighted by molar-refractivity contribution is 0.206. The molecule has 1 rings (SSSR count). The average molecular weight is 234 g/mol. The summed E-state index contributed by atoms with van der Waals surface area (Å²) in [6.45, 7) is 4.59. The van der Waals surface area contributed by atoms with Crippen LogP contribution in [0.25, 0.3) is 0 Å². The smallest absolute Gasteiger partial charge is 0.317 e. The molecule has 1 N–H and O–H groups in total. The molecule has 1 atom stereocenters. The minimum atomic E-state index is -3.02. The van der Waals surface area contributed by atoms with Gasteiger partial charge in [0.1, 0.15) is 0 Å². The second-order valence-electron chi connectivity index (χ2n) is 4.29. The van der Waals surface area contributed by atoms with E-state index in [1.54, 1.807) is 4.90 Å². The SMILES string of the molecule is CC(C)NC(=O)N1CCC(S(C)(=O)=O)C1. The Kier molecular flexibility index (Phi) is 3.59. The molecule has 0 aromatic heterocycles. The molecule has 1 fully saturated rings. The maximum Gasteiger partial charge on any atom is 0.317 e. The van der Waals surface area contributed by atoms with Crippen LogP contribution in [0.4, 0.5) is 4.79 Å². The topological polar surface area (TPSA) is 66.5 Å². The van der Waals surface area contributed by atoms with Crippen LogP contribution in [0.2, 0.25) is 0 Å². The van der Waals surface area contributed by atoms with E-state index in [-0.39, 0.29) is 12.1 Å². The Morgan fingerprint density at radius 2 is 2.07 bits per heavy atom. The van der Waals surface area contributed by atoms with Gasteiger partial charge in [-0.2, -0.15) is 0 Å². The van der Waals surface area contributed by atoms with Crippen LogP contribution in [-0.4, -0.2) is 50.0 Å². The van der Waals surface area contributed by atoms with Gasteiger partial charge in [-0.15, -0.1) is 0 Å². The monoisotopic (exact) mass is 234 g/mol. The number of amides is 2. The van der Waals surface area contributed by atoms with Crippen molar-refractivity contribution >= 4 is 15.9 Å². The maximum atomic E-state index is 11.5. The quantitative estimate of drug-likeness (QED) is 0.743. The van der Waals surface area contributed by atoms with Gasteiger partial charge in [-0.25, -0.2) is 13.2 Å². The van der Waals surface area contributed by atoms with Crippen LogP contribution in [0.1, 0.15) is 20.3 Å². The maximum absolute atomic E-state index is 11.5. The second kappa shape index (κ2) is 4.38. The van der Waals surface area contributed by atoms with Crippen molar-refractivity contribution < 1.29 is 13.2 Å². The largest absolute Gasteiger partial charge is 0.336 e. The molecule has 1 heterocycles. The molecule has 0 spiro atoms. The Labute approximate surface area is 90.7 Å². The summed E-state index contributed by atoms with van der Waals surface area (Å²) in [4.78, 5) is 13.1. The molecule has 0 aliphatic carbocycles. The van der Waals surface area contributed by atoms with Gasteiger partial charge in [0.05, 0.1) is 5.25 Å². The number of likely N-dealkylation sites (tertiary alicyclic amines) is 1. The predicted octanol–water partition coefficient (Wildman–Crippen LogP) is 0.223. The number of nitrogens with one attached hydrogen (secondary N) is 1. The third-order valence-electron chi connectivity index (χ3n) is 2.45. The van der Waals surface area contributed by atoms with Gasteiger partial charge in [0.2, 0.25) is 0 Å². The van der Waals surface area contributed by atoms with Gasteiger partial charge in [-0.1, -0.05) is 0 Å². The molecule has 1 unspecified atom stereocenters. The summed E-state index contributed by atoms with van der Waals surface area (Å²) in [7, 11) is -3.02. The average Bonchev–Trinajstić information content (AvgIpc) is 2.48. The van der Waals surface area contributed by atoms with Crippen LogP contribution in [0.3, 0.4) is 0 Å². The molecule has 15 heavy (non-hydrogen) atoms. The zero-order chi connectivity index (χ0) is 11.6. The molecule has 0 aromatic carbocycles. The van der Waals surface area contributed by atoms with Crippen molar-refractivity contribution in [1.29, 1.82) is 0 Å². The van der Waals surface area contributed by atoms with Crippen LogP contribution in [0, 0.1) is 0 Å². The molecule has 6 heteroatoms. The Morgan fingerprint density at radius 3 is 2.47 bits per heavy atom. The lowest BCUT2D eigenvalue weighted by atomic mass is 10.4. The van der Waals surface area contributed by atoms with Crippen molar-refractivity contribution in [2.75, 3.05) is 19.3 Å². The highest BCUT2D eigenvalue weighted by Gasteiger charge is 2.32. The van der Waals surface area contributed by atoms with Gasteiger partial charge in [-0.05, 0) is 20.3 Å². The molecular weight excluding hydrogens is 216 g/mol. The third kappa shape index (κ3) is 3.37. The van der Waals surface area contributed by atoms with E-state index in [9.17, 15) is 13.2 Å². The van der Waals surface area contributed by atoms with Crippen LogP contribution in [-0.2, 0) is 9.84 Å². The molecule has 5 nitrogen and oxygen atoms in total. The molecule has 1 aliphatic rings. The van der Waals surface area contributed by atoms with E-state index >= 15 is 0 Å². The van der Waals surface area contributed by atoms with Crippen LogP contribution < -0.4 is 5.32 Å². The van der Waals surface area contributed by atoms with Gasteiger partial charge >= 0.3 is 6.03 Å². The Bertz CT molecular complexity index is 337. The standard InChI is InChI=1S/C9H18N2O3S/c1-7(2)10-9(12)11-5-4-8(6-11)15(3,13)14/h7-8H,4-6H2,1-3H3,(H,10,12). The lowest BCUT2D eigenvalue weighted by Crippen LogP contribution is -2.42. The van der Waals surface area contributed by atoms with E-state index in [0.29, 0.717) is 19.5 Å². The molecular formula is C9H18N2O3S. The third-order valence-corrected chi connectivity index (χ3v) is 4.05. The number of rotatable bonds is 2. The fourth-order valence-corrected chi connectivity index (χ4v) is 2.58. The highest BCUT2D eigenvalue weighted by atomic mass is 32.2. The summed E-state index contributed by atoms with van der Waals surface area (Å²) >= 11 is 0. The zero-order valence-corrected chi connectivity index (χ0v) is 10.2. The number of hydrogen-bond donors (Lipinski definition) is 1. The first-order valence-corrected chi connectivity index (χ1v) is 7.00. The highest BCUT2D eigenvalue weighted by molar-refractivity contribution is 7.91. The van der Waals surface area contributed by atoms with Crippen molar-refractivity contribution in [3.8, 4) is 0 Å². The minimum Gasteiger partial charge on any atom is -0.336 e. The van der Waals surface area contributed by atoms with Crippen molar-refractivity contribution in [3.63, 3.8) is 0 Å². The fraction of sp³-hybridized carbons (Fsp3) is 0.889. The van der Waals surface area contributed by atoms with Crippen molar-refractivity contribution in [2.24, 2.45) is 0 Å². The molecule has 1 saturated heterocycles. The molecule has 0 bridgehead atoms. The highest BCUT2D eigenvalue weighted by Crippen LogP contribution is 2.15. The summed E-state index contributed by atoms with van der Waals surface area (Å²) in [5.41, 5.74) is 0. The van der Waals surface area contributed by atoms with E-state index in [0.717, 1.165) is 0 Å². The lowest BCUT2D eigenvalue weighted by Gasteiger charge is -2.18. The molecule has 0 saturated carbocycles. The van der Waals surface area contributed by atoms with Gasteiger partial charge in [0, 0.05) is 25.4 Å². The fourth-order valence-electron chi connectivity index (χ4n) is 1.60. The zero-order valence-electron chi connectivity index (χ0n) is 9.36. The number of carbonyl (C=O) groups is 1. The van der Waals surface area contributed by atoms with E-state index in [4.69, 9.17) is 0 Å². The number of hydrogen-bond acceptors (Lipinski definition) is 3. The Morgan fingerprint density at radius 1 is 1.47 bits per heavy atom. The first-order valence-electron chi connectivity index (χ1n) is 5.05. The van der Waals surface area contributed by atoms with Gasteiger partial charge < -0.3 is 10.2 Å². The first-order chi connectivity index (χ1) is 6.80. The van der Waals surface area contributed by atoms with E-state index in [1.807, 2.05) is 13.8 Å². The van der Waals surface area contributed by atoms with Gasteiger partial charge in [0.25, 0.3) is 0 Å². The first kappa shape index (κ1) is 12.3. The second-order valence-corrected chi connectivity index (χ2v) is 6.62. The van der Waals surface area contributed by atoms with E-state index in [2.05, 4.69) is 5.32 Å². The van der Waals surface area contributed by atoms with Crippen molar-refractivity contribution in [3.05, 3.63) is 0 Å². The summed E-state index contributed by atoms with van der Waals surface area (Å²) in [5.74, 6) is 0. The van der Waals surface area contributed by atoms with E-state index in [1.165, 1.54) is 6.26 Å². The number of carbonyl (C=O) groups excluding carboxylic acids is 1. The Hall–Kier alpha value is -0.780. The normalized spacial score (nSPS) is 22.1. The number of nitrogens with zero attached hydrogens (tertiary/aromatic N) is 1. The molecule has 0 aromatic rings. The van der Waals surface area contributed by atoms with Gasteiger partial charge in [0.15, 0.2) is 9.84 Å². The van der Waals surface area contributed by atoms with E-state index < -0.39 is 15.1 Å². The number of sulfone groups is 1. The molecule has 2 amide bonds. The molecule has 0 radical (unpaired) electrons. The minimum absolute atomic E-state index is 0.0785. The van der Waals surface area contributed by atoms with Crippen molar-refractivity contribution in [1.82, 2.24) is 10.2 Å². The van der Waals surface area contributed by atoms with Crippen molar-refractivity contribution in [2.45, 2.75) is 31.6 Å². The summed E-state index contributed by atoms with van der Waals surface area (Å²) in [5, 5.41) is 2.36. The molecule has 88 valence electrons. The van der Waals surface area contributed by atoms with Crippen LogP contribution >= 0.6 is 0 Å². The summed E-state index contributed by atoms with van der Waals surface area (Å²) < 4.78 is 22.5. The summed E-state index contributed by atoms with van der Waals surface area (Å²) in [6.07, 6.45) is 1.77. The summed E-state index contributed by atoms with van der Waals surface area (Å²) in [6, 6.07) is -0.0917. The predicted molar refractivity (Wildman–Crippen MR) is 58.5 cm³/mol. The van der Waals surface area contributed by atoms with Crippen LogP contribution in [0.15, 0.2) is 0 Å². The van der Waals surface area contributed by atoms with Gasteiger partial charge in [-0.3, -0.25) is 0 Å².